The number of nitrogens with zero attached hydrogens (tertiary/aromatic N) is 2. The summed E-state index contributed by atoms with van der Waals surface area (Å²) >= 11 is 4.55. The second kappa shape index (κ2) is 8.59. The lowest BCUT2D eigenvalue weighted by atomic mass is 10.1. The number of hydrogen-bond donors (Lipinski definition) is 1. The van der Waals surface area contributed by atoms with Crippen LogP contribution in [-0.2, 0) is 16.0 Å². The van der Waals surface area contributed by atoms with E-state index in [1.807, 2.05) is 30.3 Å². The Morgan fingerprint density at radius 2 is 1.89 bits per heavy atom. The van der Waals surface area contributed by atoms with Crippen LogP contribution in [0.15, 0.2) is 63.6 Å². The fraction of sp³-hybridized carbons (Fsp3) is 0.150. The third-order valence-corrected chi connectivity index (χ3v) is 5.94. The molecule has 1 atom stereocenters. The Balaban J connectivity index is 2.03. The van der Waals surface area contributed by atoms with Gasteiger partial charge in [-0.3, -0.25) is 14.5 Å². The molecule has 3 rings (SSSR count). The Morgan fingerprint density at radius 1 is 1.25 bits per heavy atom. The van der Waals surface area contributed by atoms with Crippen LogP contribution in [0.25, 0.3) is 0 Å². The molecule has 2 aromatic carbocycles. The highest BCUT2D eigenvalue weighted by Crippen LogP contribution is 2.41. The topological polar surface area (TPSA) is 73.2 Å². The summed E-state index contributed by atoms with van der Waals surface area (Å²) in [5.74, 6) is -1.27. The molecule has 0 radical (unpaired) electrons. The van der Waals surface area contributed by atoms with Gasteiger partial charge in [-0.25, -0.2) is 4.39 Å². The molecular weight excluding hydrogens is 445 g/mol. The number of amides is 2. The molecule has 0 aliphatic carbocycles. The standard InChI is InChI=1S/C20H15BrFN3O2S/c1-24-18(26)16(11-23)20-25(15-8-6-14(22)7-9-15)19(27)17(28-20)10-12-2-4-13(21)5-3-12/h2-9,17H,10H2,1H3,(H,24,26). The second-order valence-corrected chi connectivity index (χ2v) is 8.07. The minimum atomic E-state index is -0.575. The third-order valence-electron chi connectivity index (χ3n) is 4.15. The van der Waals surface area contributed by atoms with Gasteiger partial charge in [0, 0.05) is 17.2 Å². The van der Waals surface area contributed by atoms with E-state index in [0.29, 0.717) is 12.1 Å². The first-order chi connectivity index (χ1) is 13.4. The van der Waals surface area contributed by atoms with E-state index in [0.717, 1.165) is 10.0 Å². The third kappa shape index (κ3) is 4.11. The summed E-state index contributed by atoms with van der Waals surface area (Å²) in [6, 6.07) is 14.9. The van der Waals surface area contributed by atoms with Gasteiger partial charge >= 0.3 is 0 Å². The van der Waals surface area contributed by atoms with Crippen LogP contribution >= 0.6 is 27.7 Å². The van der Waals surface area contributed by atoms with E-state index in [4.69, 9.17) is 0 Å². The van der Waals surface area contributed by atoms with Crippen molar-refractivity contribution in [3.05, 3.63) is 75.0 Å². The average molecular weight is 460 g/mol. The van der Waals surface area contributed by atoms with E-state index in [1.165, 1.54) is 48.0 Å². The summed E-state index contributed by atoms with van der Waals surface area (Å²) < 4.78 is 14.3. The van der Waals surface area contributed by atoms with Gasteiger partial charge < -0.3 is 5.32 Å². The van der Waals surface area contributed by atoms with E-state index in [9.17, 15) is 19.2 Å². The molecule has 8 heteroatoms. The molecule has 1 saturated heterocycles. The number of thioether (sulfide) groups is 1. The van der Waals surface area contributed by atoms with Gasteiger partial charge in [-0.2, -0.15) is 5.26 Å². The van der Waals surface area contributed by atoms with Crippen molar-refractivity contribution in [3.8, 4) is 6.07 Å². The van der Waals surface area contributed by atoms with E-state index < -0.39 is 17.0 Å². The molecule has 0 saturated carbocycles. The van der Waals surface area contributed by atoms with Gasteiger partial charge in [0.25, 0.3) is 5.91 Å². The highest BCUT2D eigenvalue weighted by molar-refractivity contribution is 9.10. The minimum absolute atomic E-state index is 0.150. The lowest BCUT2D eigenvalue weighted by Gasteiger charge is -2.18. The molecule has 2 aromatic rings. The highest BCUT2D eigenvalue weighted by atomic mass is 79.9. The number of anilines is 1. The maximum Gasteiger partial charge on any atom is 0.264 e. The average Bonchev–Trinajstić information content (AvgIpc) is 3.00. The zero-order valence-corrected chi connectivity index (χ0v) is 17.2. The molecule has 1 heterocycles. The van der Waals surface area contributed by atoms with Gasteiger partial charge in [-0.15, -0.1) is 0 Å². The highest BCUT2D eigenvalue weighted by Gasteiger charge is 2.40. The van der Waals surface area contributed by atoms with Crippen LogP contribution in [0, 0.1) is 17.1 Å². The van der Waals surface area contributed by atoms with Crippen molar-refractivity contribution in [1.82, 2.24) is 5.32 Å². The summed E-state index contributed by atoms with van der Waals surface area (Å²) in [4.78, 5) is 26.6. The van der Waals surface area contributed by atoms with Crippen LogP contribution in [0.4, 0.5) is 10.1 Å². The summed E-state index contributed by atoms with van der Waals surface area (Å²) in [6.07, 6.45) is 0.435. The lowest BCUT2D eigenvalue weighted by Crippen LogP contribution is -2.31. The maximum atomic E-state index is 13.3. The molecule has 5 nitrogen and oxygen atoms in total. The molecule has 0 aromatic heterocycles. The summed E-state index contributed by atoms with van der Waals surface area (Å²) in [6.45, 7) is 0. The molecule has 1 N–H and O–H groups in total. The largest absolute Gasteiger partial charge is 0.354 e. The van der Waals surface area contributed by atoms with Gasteiger partial charge in [0.1, 0.15) is 22.5 Å². The fourth-order valence-corrected chi connectivity index (χ4v) is 4.34. The number of likely N-dealkylation sites (N-methyl/N-ethyl adjacent to an activating group) is 1. The number of nitriles is 1. The molecule has 1 fully saturated rings. The van der Waals surface area contributed by atoms with Crippen molar-refractivity contribution in [2.45, 2.75) is 11.7 Å². The fourth-order valence-electron chi connectivity index (χ4n) is 2.77. The first-order valence-electron chi connectivity index (χ1n) is 8.31. The van der Waals surface area contributed by atoms with Gasteiger partial charge in [0.05, 0.1) is 5.25 Å². The lowest BCUT2D eigenvalue weighted by molar-refractivity contribution is -0.117. The van der Waals surface area contributed by atoms with Crippen LogP contribution in [0.1, 0.15) is 5.56 Å². The molecular formula is C20H15BrFN3O2S. The molecule has 142 valence electrons. The van der Waals surface area contributed by atoms with E-state index in [1.54, 1.807) is 0 Å². The van der Waals surface area contributed by atoms with Gasteiger partial charge in [-0.1, -0.05) is 39.8 Å². The number of rotatable bonds is 4. The van der Waals surface area contributed by atoms with Crippen molar-refractivity contribution in [2.24, 2.45) is 0 Å². The molecule has 28 heavy (non-hydrogen) atoms. The molecule has 2 amide bonds. The van der Waals surface area contributed by atoms with Crippen molar-refractivity contribution < 1.29 is 14.0 Å². The van der Waals surface area contributed by atoms with E-state index in [-0.39, 0.29) is 16.5 Å². The first-order valence-corrected chi connectivity index (χ1v) is 9.99. The Morgan fingerprint density at radius 3 is 2.46 bits per heavy atom. The Labute approximate surface area is 174 Å². The molecule has 1 unspecified atom stereocenters. The van der Waals surface area contributed by atoms with Crippen molar-refractivity contribution in [1.29, 1.82) is 5.26 Å². The van der Waals surface area contributed by atoms with Crippen LogP contribution in [-0.4, -0.2) is 24.1 Å². The van der Waals surface area contributed by atoms with Crippen molar-refractivity contribution in [3.63, 3.8) is 0 Å². The minimum Gasteiger partial charge on any atom is -0.354 e. The number of carbonyl (C=O) groups is 2. The predicted molar refractivity (Wildman–Crippen MR) is 110 cm³/mol. The van der Waals surface area contributed by atoms with Crippen molar-refractivity contribution in [2.75, 3.05) is 11.9 Å². The predicted octanol–water partition coefficient (Wildman–Crippen LogP) is 3.76. The van der Waals surface area contributed by atoms with Crippen LogP contribution in [0.2, 0.25) is 0 Å². The van der Waals surface area contributed by atoms with E-state index >= 15 is 0 Å². The van der Waals surface area contributed by atoms with Crippen LogP contribution in [0.3, 0.4) is 0 Å². The molecule has 0 bridgehead atoms. The SMILES string of the molecule is CNC(=O)C(C#N)=C1SC(Cc2ccc(Br)cc2)C(=O)N1c1ccc(F)cc1. The maximum absolute atomic E-state index is 13.3. The molecule has 1 aliphatic heterocycles. The second-order valence-electron chi connectivity index (χ2n) is 5.96. The van der Waals surface area contributed by atoms with Crippen molar-refractivity contribution >= 4 is 45.2 Å². The number of carbonyl (C=O) groups excluding carboxylic acids is 2. The molecule has 1 aliphatic rings. The monoisotopic (exact) mass is 459 g/mol. The summed E-state index contributed by atoms with van der Waals surface area (Å²) in [5.41, 5.74) is 1.21. The number of hydrogen-bond acceptors (Lipinski definition) is 4. The van der Waals surface area contributed by atoms with Gasteiger partial charge in [0.15, 0.2) is 0 Å². The Bertz CT molecular complexity index is 984. The quantitative estimate of drug-likeness (QED) is 0.557. The van der Waals surface area contributed by atoms with Gasteiger partial charge in [-0.05, 0) is 48.4 Å². The number of nitrogens with one attached hydrogen (secondary N) is 1. The summed E-state index contributed by atoms with van der Waals surface area (Å²) in [7, 11) is 1.42. The van der Waals surface area contributed by atoms with E-state index in [2.05, 4.69) is 21.2 Å². The number of benzene rings is 2. The first kappa shape index (κ1) is 20.1. The Hall–Kier alpha value is -2.63. The van der Waals surface area contributed by atoms with Crippen LogP contribution < -0.4 is 10.2 Å². The van der Waals surface area contributed by atoms with Crippen LogP contribution in [0.5, 0.6) is 0 Å². The molecule has 0 spiro atoms. The normalized spacial score (nSPS) is 18.0. The smallest absolute Gasteiger partial charge is 0.264 e. The number of halogens is 2. The Kier molecular flexibility index (Phi) is 6.17. The van der Waals surface area contributed by atoms with Gasteiger partial charge in [0.2, 0.25) is 5.91 Å². The summed E-state index contributed by atoms with van der Waals surface area (Å²) in [5, 5.41) is 11.7. The zero-order chi connectivity index (χ0) is 20.3. The zero-order valence-electron chi connectivity index (χ0n) is 14.8.